The normalized spacial score (nSPS) is 25.8. The van der Waals surface area contributed by atoms with Gasteiger partial charge in [0.1, 0.15) is 5.82 Å². The largest absolute Gasteiger partial charge is 0.479 e. The zero-order chi connectivity index (χ0) is 19.8. The summed E-state index contributed by atoms with van der Waals surface area (Å²) in [5, 5.41) is 8.84. The van der Waals surface area contributed by atoms with Crippen LogP contribution in [0.4, 0.5) is 4.39 Å². The maximum atomic E-state index is 12.7. The number of hydrogen-bond donors (Lipinski definition) is 1. The van der Waals surface area contributed by atoms with Gasteiger partial charge in [-0.2, -0.15) is 0 Å². The molecule has 27 heavy (non-hydrogen) atoms. The van der Waals surface area contributed by atoms with Crippen LogP contribution < -0.4 is 0 Å². The molecule has 0 aliphatic carbocycles. The maximum absolute atomic E-state index is 12.7. The van der Waals surface area contributed by atoms with Crippen LogP contribution in [0.3, 0.4) is 0 Å². The van der Waals surface area contributed by atoms with Gasteiger partial charge in [0.2, 0.25) is 0 Å². The van der Waals surface area contributed by atoms with Crippen LogP contribution in [0, 0.1) is 11.7 Å². The van der Waals surface area contributed by atoms with Crippen molar-refractivity contribution in [1.82, 2.24) is 4.90 Å². The van der Waals surface area contributed by atoms with E-state index >= 15 is 0 Å². The van der Waals surface area contributed by atoms with Crippen LogP contribution in [0.2, 0.25) is 0 Å². The lowest BCUT2D eigenvalue weighted by Crippen LogP contribution is -2.48. The molecule has 3 unspecified atom stereocenters. The van der Waals surface area contributed by atoms with E-state index in [1.165, 1.54) is 38.2 Å². The van der Waals surface area contributed by atoms with Crippen LogP contribution in [0.15, 0.2) is 24.3 Å². The Bertz CT molecular complexity index is 631. The molecule has 3 atom stereocenters. The summed E-state index contributed by atoms with van der Waals surface area (Å²) < 4.78 is 22.5. The highest BCUT2D eigenvalue weighted by Crippen LogP contribution is 2.24. The molecule has 1 aromatic carbocycles. The molecule has 150 valence electrons. The molecule has 2 saturated heterocycles. The zero-order valence-corrected chi connectivity index (χ0v) is 15.9. The lowest BCUT2D eigenvalue weighted by molar-refractivity contribution is -0.156. The Morgan fingerprint density at radius 3 is 2.56 bits per heavy atom. The first-order chi connectivity index (χ1) is 12.9. The number of benzene rings is 1. The third kappa shape index (κ3) is 6.29. The molecular formula is C20H28FNO5. The number of aliphatic carboxylic acids is 1. The summed E-state index contributed by atoms with van der Waals surface area (Å²) in [5.41, 5.74) is -0.0324. The highest BCUT2D eigenvalue weighted by Gasteiger charge is 2.31. The number of halogens is 1. The van der Waals surface area contributed by atoms with Crippen molar-refractivity contribution >= 4 is 11.9 Å². The summed E-state index contributed by atoms with van der Waals surface area (Å²) in [4.78, 5) is 24.0. The lowest BCUT2D eigenvalue weighted by atomic mass is 9.96. The first-order valence-electron chi connectivity index (χ1n) is 9.33. The summed E-state index contributed by atoms with van der Waals surface area (Å²) in [5.74, 6) is -1.25. The van der Waals surface area contributed by atoms with E-state index in [1.807, 2.05) is 0 Å². The zero-order valence-electron chi connectivity index (χ0n) is 15.9. The Morgan fingerprint density at radius 1 is 1.26 bits per heavy atom. The average Bonchev–Trinajstić information content (AvgIpc) is 2.68. The van der Waals surface area contributed by atoms with Crippen molar-refractivity contribution in [2.45, 2.75) is 44.8 Å². The van der Waals surface area contributed by atoms with Crippen molar-refractivity contribution < 1.29 is 28.6 Å². The topological polar surface area (TPSA) is 76.1 Å². The first-order valence-corrected chi connectivity index (χ1v) is 9.33. The number of carbonyl (C=O) groups excluding carboxylic acids is 1. The van der Waals surface area contributed by atoms with Crippen molar-refractivity contribution in [3.05, 3.63) is 35.6 Å². The smallest absolute Gasteiger partial charge is 0.340 e. The van der Waals surface area contributed by atoms with E-state index in [1.54, 1.807) is 6.07 Å². The van der Waals surface area contributed by atoms with Crippen LogP contribution in [0.5, 0.6) is 0 Å². The van der Waals surface area contributed by atoms with Gasteiger partial charge in [-0.05, 0) is 50.3 Å². The monoisotopic (exact) mass is 381 g/mol. The third-order valence-corrected chi connectivity index (χ3v) is 5.01. The van der Waals surface area contributed by atoms with Gasteiger partial charge in [0.25, 0.3) is 0 Å². The summed E-state index contributed by atoms with van der Waals surface area (Å²) in [6.07, 6.45) is 3.63. The minimum absolute atomic E-state index is 0.0324. The molecule has 2 fully saturated rings. The fourth-order valence-corrected chi connectivity index (χ4v) is 3.51. The van der Waals surface area contributed by atoms with Gasteiger partial charge in [-0.25, -0.2) is 14.0 Å². The summed E-state index contributed by atoms with van der Waals surface area (Å²) in [6, 6.07) is 6.13. The molecule has 7 heteroatoms. The van der Waals surface area contributed by atoms with Crippen molar-refractivity contribution in [2.75, 3.05) is 26.8 Å². The number of rotatable bonds is 3. The molecule has 0 spiro atoms. The minimum atomic E-state index is -0.814. The highest BCUT2D eigenvalue weighted by atomic mass is 19.1. The van der Waals surface area contributed by atoms with E-state index < -0.39 is 23.9 Å². The fraction of sp³-hybridized carbons (Fsp3) is 0.600. The number of methoxy groups -OCH3 is 1. The molecular weight excluding hydrogens is 353 g/mol. The molecule has 0 aromatic heterocycles. The van der Waals surface area contributed by atoms with E-state index in [0.717, 1.165) is 25.4 Å². The number of hydrogen-bond acceptors (Lipinski definition) is 5. The van der Waals surface area contributed by atoms with Crippen LogP contribution in [-0.4, -0.2) is 60.9 Å². The number of ether oxygens (including phenoxy) is 2. The van der Waals surface area contributed by atoms with E-state index in [-0.39, 0.29) is 5.56 Å². The second-order valence-corrected chi connectivity index (χ2v) is 7.11. The van der Waals surface area contributed by atoms with Crippen molar-refractivity contribution in [2.24, 2.45) is 5.92 Å². The number of carboxylic acids is 1. The second kappa shape index (κ2) is 10.4. The van der Waals surface area contributed by atoms with Crippen LogP contribution >= 0.6 is 0 Å². The van der Waals surface area contributed by atoms with Crippen LogP contribution in [0.25, 0.3) is 0 Å². The standard InChI is InChI=1S/C12H21NO3.C8H7FO2/c1-9-3-2-6-13(7-9)10-4-5-11(12(14)15)16-8-10;1-11-8(10)6-4-2-3-5-7(6)9/h9-11H,2-8H2,1H3,(H,14,15);2-5H,1H3. The second-order valence-electron chi connectivity index (χ2n) is 7.11. The molecule has 0 radical (unpaired) electrons. The predicted octanol–water partition coefficient (Wildman–Crippen LogP) is 2.96. The Balaban J connectivity index is 0.000000208. The Labute approximate surface area is 159 Å². The minimum Gasteiger partial charge on any atom is -0.479 e. The summed E-state index contributed by atoms with van der Waals surface area (Å²) in [7, 11) is 1.22. The van der Waals surface area contributed by atoms with Gasteiger partial charge in [0.15, 0.2) is 6.10 Å². The Kier molecular flexibility index (Phi) is 8.19. The molecule has 0 bridgehead atoms. The van der Waals surface area contributed by atoms with Gasteiger partial charge in [0.05, 0.1) is 19.3 Å². The van der Waals surface area contributed by atoms with Crippen molar-refractivity contribution in [3.8, 4) is 0 Å². The lowest BCUT2D eigenvalue weighted by Gasteiger charge is -2.39. The van der Waals surface area contributed by atoms with Crippen LogP contribution in [-0.2, 0) is 14.3 Å². The number of piperidine rings is 1. The van der Waals surface area contributed by atoms with Gasteiger partial charge < -0.3 is 14.6 Å². The molecule has 2 heterocycles. The van der Waals surface area contributed by atoms with Crippen molar-refractivity contribution in [3.63, 3.8) is 0 Å². The number of carboxylic acid groups (broad SMARTS) is 1. The van der Waals surface area contributed by atoms with Crippen LogP contribution in [0.1, 0.15) is 43.0 Å². The van der Waals surface area contributed by atoms with E-state index in [2.05, 4.69) is 16.6 Å². The van der Waals surface area contributed by atoms with Gasteiger partial charge in [0, 0.05) is 12.6 Å². The van der Waals surface area contributed by atoms with Gasteiger partial charge in [-0.15, -0.1) is 0 Å². The fourth-order valence-electron chi connectivity index (χ4n) is 3.51. The molecule has 2 aliphatic rings. The maximum Gasteiger partial charge on any atom is 0.340 e. The van der Waals surface area contributed by atoms with Gasteiger partial charge in [-0.1, -0.05) is 19.1 Å². The number of carbonyl (C=O) groups is 2. The predicted molar refractivity (Wildman–Crippen MR) is 98.1 cm³/mol. The van der Waals surface area contributed by atoms with E-state index in [4.69, 9.17) is 9.84 Å². The average molecular weight is 381 g/mol. The number of nitrogens with zero attached hydrogens (tertiary/aromatic N) is 1. The molecule has 2 aliphatic heterocycles. The van der Waals surface area contributed by atoms with Gasteiger partial charge in [-0.3, -0.25) is 4.90 Å². The number of likely N-dealkylation sites (tertiary alicyclic amines) is 1. The van der Waals surface area contributed by atoms with E-state index in [9.17, 15) is 14.0 Å². The summed E-state index contributed by atoms with van der Waals surface area (Å²) in [6.45, 7) is 5.17. The molecule has 6 nitrogen and oxygen atoms in total. The summed E-state index contributed by atoms with van der Waals surface area (Å²) >= 11 is 0. The quantitative estimate of drug-likeness (QED) is 0.812. The molecule has 0 amide bonds. The third-order valence-electron chi connectivity index (χ3n) is 5.01. The first kappa shape index (κ1) is 21.3. The van der Waals surface area contributed by atoms with Crippen molar-refractivity contribution in [1.29, 1.82) is 0 Å². The molecule has 1 aromatic rings. The molecule has 1 N–H and O–H groups in total. The van der Waals surface area contributed by atoms with E-state index in [0.29, 0.717) is 19.1 Å². The number of esters is 1. The molecule has 3 rings (SSSR count). The Morgan fingerprint density at radius 2 is 2.00 bits per heavy atom. The molecule has 0 saturated carbocycles. The van der Waals surface area contributed by atoms with Gasteiger partial charge >= 0.3 is 11.9 Å². The highest BCUT2D eigenvalue weighted by molar-refractivity contribution is 5.89. The SMILES string of the molecule is CC1CCCN(C2CCC(C(=O)O)OC2)C1.COC(=O)c1ccccc1F. The Hall–Kier alpha value is -1.99.